The maximum absolute atomic E-state index is 13.2. The molecular formula is C20H20F3N5O3. The molecule has 0 saturated carbocycles. The van der Waals surface area contributed by atoms with Gasteiger partial charge in [-0.2, -0.15) is 13.2 Å². The molecule has 164 valence electrons. The van der Waals surface area contributed by atoms with Crippen molar-refractivity contribution in [2.45, 2.75) is 45.3 Å². The first-order valence-corrected chi connectivity index (χ1v) is 9.89. The number of likely N-dealkylation sites (tertiary alicyclic amines) is 1. The van der Waals surface area contributed by atoms with Gasteiger partial charge >= 0.3 is 12.1 Å². The van der Waals surface area contributed by atoms with E-state index in [0.717, 1.165) is 5.69 Å². The van der Waals surface area contributed by atoms with Gasteiger partial charge in [0.2, 0.25) is 11.3 Å². The van der Waals surface area contributed by atoms with Crippen LogP contribution in [0.3, 0.4) is 0 Å². The summed E-state index contributed by atoms with van der Waals surface area (Å²) in [5.74, 6) is -2.57. The molecule has 1 aliphatic rings. The molecule has 3 aromatic rings. The summed E-state index contributed by atoms with van der Waals surface area (Å²) in [7, 11) is 0. The fourth-order valence-electron chi connectivity index (χ4n) is 3.80. The van der Waals surface area contributed by atoms with E-state index in [4.69, 9.17) is 4.42 Å². The Hall–Kier alpha value is -3.24. The van der Waals surface area contributed by atoms with Gasteiger partial charge in [-0.3, -0.25) is 9.59 Å². The van der Waals surface area contributed by atoms with E-state index in [1.807, 2.05) is 13.8 Å². The average molecular weight is 435 g/mol. The van der Waals surface area contributed by atoms with E-state index in [2.05, 4.69) is 15.2 Å². The molecule has 3 aromatic heterocycles. The van der Waals surface area contributed by atoms with Gasteiger partial charge in [-0.25, -0.2) is 4.98 Å². The van der Waals surface area contributed by atoms with Crippen molar-refractivity contribution >= 4 is 16.9 Å². The topological polar surface area (TPSA) is 94.1 Å². The lowest BCUT2D eigenvalue weighted by Gasteiger charge is -2.31. The first-order valence-electron chi connectivity index (χ1n) is 9.89. The number of carbonyl (C=O) groups excluding carboxylic acids is 1. The van der Waals surface area contributed by atoms with Crippen LogP contribution in [0.4, 0.5) is 13.2 Å². The smallest absolute Gasteiger partial charge is 0.417 e. The summed E-state index contributed by atoms with van der Waals surface area (Å²) in [4.78, 5) is 32.0. The molecule has 4 heterocycles. The lowest BCUT2D eigenvalue weighted by atomic mass is 9.97. The molecule has 1 unspecified atom stereocenters. The van der Waals surface area contributed by atoms with Crippen molar-refractivity contribution in [2.75, 3.05) is 13.1 Å². The highest BCUT2D eigenvalue weighted by Gasteiger charge is 2.39. The van der Waals surface area contributed by atoms with Gasteiger partial charge < -0.3 is 13.9 Å². The molecular weight excluding hydrogens is 415 g/mol. The van der Waals surface area contributed by atoms with Crippen LogP contribution in [0.2, 0.25) is 0 Å². The Morgan fingerprint density at radius 2 is 2.06 bits per heavy atom. The highest BCUT2D eigenvalue weighted by atomic mass is 19.4. The van der Waals surface area contributed by atoms with E-state index < -0.39 is 29.3 Å². The van der Waals surface area contributed by atoms with Gasteiger partial charge in [0.05, 0.1) is 11.3 Å². The summed E-state index contributed by atoms with van der Waals surface area (Å²) in [6, 6.07) is 3.36. The molecule has 0 aliphatic carbocycles. The third-order valence-electron chi connectivity index (χ3n) is 5.37. The normalized spacial score (nSPS) is 17.3. The summed E-state index contributed by atoms with van der Waals surface area (Å²) in [6.45, 7) is 4.68. The number of hydrogen-bond acceptors (Lipinski definition) is 6. The van der Waals surface area contributed by atoms with Crippen molar-refractivity contribution in [2.24, 2.45) is 0 Å². The molecule has 31 heavy (non-hydrogen) atoms. The number of aromatic nitrogens is 4. The second kappa shape index (κ2) is 7.78. The van der Waals surface area contributed by atoms with Crippen LogP contribution in [-0.4, -0.2) is 43.6 Å². The zero-order valence-corrected chi connectivity index (χ0v) is 16.9. The molecule has 0 bridgehead atoms. The van der Waals surface area contributed by atoms with Crippen molar-refractivity contribution in [3.8, 4) is 0 Å². The number of fused-ring (bicyclic) bond motifs is 1. The summed E-state index contributed by atoms with van der Waals surface area (Å²) >= 11 is 0. The molecule has 1 atom stereocenters. The zero-order valence-electron chi connectivity index (χ0n) is 16.9. The van der Waals surface area contributed by atoms with E-state index >= 15 is 0 Å². The first-order chi connectivity index (χ1) is 14.7. The SMILES string of the molecule is CCn1cc(C(=O)N2CCCC(c3nnc(C(F)(F)F)o3)C2)c(=O)c2ccc(C)nc21. The van der Waals surface area contributed by atoms with Crippen LogP contribution in [0.15, 0.2) is 27.5 Å². The third-order valence-corrected chi connectivity index (χ3v) is 5.37. The largest absolute Gasteiger partial charge is 0.470 e. The zero-order chi connectivity index (χ0) is 22.3. The number of rotatable bonds is 3. The van der Waals surface area contributed by atoms with E-state index in [1.54, 1.807) is 16.7 Å². The van der Waals surface area contributed by atoms with E-state index in [9.17, 15) is 22.8 Å². The van der Waals surface area contributed by atoms with Crippen LogP contribution in [0, 0.1) is 6.92 Å². The van der Waals surface area contributed by atoms with Gasteiger partial charge in [-0.15, -0.1) is 10.2 Å². The Labute approximate surface area is 174 Å². The van der Waals surface area contributed by atoms with Gasteiger partial charge in [0, 0.05) is 31.5 Å². The number of amides is 1. The van der Waals surface area contributed by atoms with Gasteiger partial charge in [0.15, 0.2) is 0 Å². The number of hydrogen-bond donors (Lipinski definition) is 0. The van der Waals surface area contributed by atoms with Gasteiger partial charge in [-0.1, -0.05) is 0 Å². The Morgan fingerprint density at radius 3 is 2.74 bits per heavy atom. The quantitative estimate of drug-likeness (QED) is 0.627. The summed E-state index contributed by atoms with van der Waals surface area (Å²) in [6.07, 6.45) is -2.19. The predicted molar refractivity (Wildman–Crippen MR) is 104 cm³/mol. The molecule has 1 fully saturated rings. The average Bonchev–Trinajstić information content (AvgIpc) is 3.25. The van der Waals surface area contributed by atoms with Crippen molar-refractivity contribution in [1.29, 1.82) is 0 Å². The lowest BCUT2D eigenvalue weighted by Crippen LogP contribution is -2.41. The molecule has 0 spiro atoms. The molecule has 1 aliphatic heterocycles. The number of halogens is 3. The molecule has 8 nitrogen and oxygen atoms in total. The number of alkyl halides is 3. The van der Waals surface area contributed by atoms with E-state index in [1.165, 1.54) is 11.1 Å². The van der Waals surface area contributed by atoms with Crippen LogP contribution < -0.4 is 5.43 Å². The Balaban J connectivity index is 1.64. The Bertz CT molecular complexity index is 1200. The van der Waals surface area contributed by atoms with Gasteiger partial charge in [0.25, 0.3) is 5.91 Å². The van der Waals surface area contributed by atoms with Crippen LogP contribution in [0.1, 0.15) is 53.5 Å². The van der Waals surface area contributed by atoms with Gasteiger partial charge in [-0.05, 0) is 38.8 Å². The number of piperidine rings is 1. The minimum atomic E-state index is -4.72. The number of pyridine rings is 2. The van der Waals surface area contributed by atoms with Crippen LogP contribution in [0.5, 0.6) is 0 Å². The van der Waals surface area contributed by atoms with Crippen LogP contribution in [-0.2, 0) is 12.7 Å². The van der Waals surface area contributed by atoms with Crippen molar-refractivity contribution in [3.63, 3.8) is 0 Å². The van der Waals surface area contributed by atoms with Crippen molar-refractivity contribution in [3.05, 3.63) is 51.6 Å². The summed E-state index contributed by atoms with van der Waals surface area (Å²) < 4.78 is 44.8. The molecule has 0 aromatic carbocycles. The second-order valence-electron chi connectivity index (χ2n) is 7.52. The molecule has 4 rings (SSSR count). The number of nitrogens with zero attached hydrogens (tertiary/aromatic N) is 5. The van der Waals surface area contributed by atoms with E-state index in [0.29, 0.717) is 37.0 Å². The number of aryl methyl sites for hydroxylation is 2. The highest BCUT2D eigenvalue weighted by molar-refractivity contribution is 5.97. The first kappa shape index (κ1) is 21.0. The highest BCUT2D eigenvalue weighted by Crippen LogP contribution is 2.32. The molecule has 0 radical (unpaired) electrons. The summed E-state index contributed by atoms with van der Waals surface area (Å²) in [5, 5.41) is 6.93. The predicted octanol–water partition coefficient (Wildman–Crippen LogP) is 3.15. The molecule has 0 N–H and O–H groups in total. The second-order valence-corrected chi connectivity index (χ2v) is 7.52. The fourth-order valence-corrected chi connectivity index (χ4v) is 3.80. The maximum atomic E-state index is 13.2. The maximum Gasteiger partial charge on any atom is 0.470 e. The minimum absolute atomic E-state index is 0.00200. The Morgan fingerprint density at radius 1 is 1.29 bits per heavy atom. The third kappa shape index (κ3) is 3.91. The lowest BCUT2D eigenvalue weighted by molar-refractivity contribution is -0.157. The monoisotopic (exact) mass is 435 g/mol. The van der Waals surface area contributed by atoms with Gasteiger partial charge in [0.1, 0.15) is 11.2 Å². The Kier molecular flexibility index (Phi) is 5.28. The fraction of sp³-hybridized carbons (Fsp3) is 0.450. The standard InChI is InChI=1S/C20H20F3N5O3/c1-3-27-10-14(15(29)13-7-6-11(2)24-16(13)27)18(30)28-8-4-5-12(9-28)17-25-26-19(31-17)20(21,22)23/h6-7,10,12H,3-5,8-9H2,1-2H3. The molecule has 11 heteroatoms. The van der Waals surface area contributed by atoms with Crippen LogP contribution in [0.25, 0.3) is 11.0 Å². The van der Waals surface area contributed by atoms with Crippen LogP contribution >= 0.6 is 0 Å². The van der Waals surface area contributed by atoms with E-state index in [-0.39, 0.29) is 18.0 Å². The minimum Gasteiger partial charge on any atom is -0.417 e. The van der Waals surface area contributed by atoms with Crippen molar-refractivity contribution in [1.82, 2.24) is 24.6 Å². The number of carbonyl (C=O) groups is 1. The molecule has 1 amide bonds. The summed E-state index contributed by atoms with van der Waals surface area (Å²) in [5.41, 5.74) is 0.842. The molecule has 1 saturated heterocycles. The van der Waals surface area contributed by atoms with Crippen molar-refractivity contribution < 1.29 is 22.4 Å².